The highest BCUT2D eigenvalue weighted by atomic mass is 19.4. The minimum Gasteiger partial charge on any atom is -0.381 e. The lowest BCUT2D eigenvalue weighted by Gasteiger charge is -2.33. The average Bonchev–Trinajstić information content (AvgIpc) is 2.52. The monoisotopic (exact) mass is 345 g/mol. The largest absolute Gasteiger partial charge is 0.416 e. The van der Waals surface area contributed by atoms with Crippen LogP contribution in [0.2, 0.25) is 0 Å². The van der Waals surface area contributed by atoms with Crippen LogP contribution in [0.25, 0.3) is 0 Å². The van der Waals surface area contributed by atoms with E-state index in [0.717, 1.165) is 12.1 Å². The molecule has 134 valence electrons. The molecule has 4 nitrogen and oxygen atoms in total. The first-order valence-corrected chi connectivity index (χ1v) is 7.81. The molecule has 1 amide bonds. The van der Waals surface area contributed by atoms with Gasteiger partial charge in [0.25, 0.3) is 5.91 Å². The summed E-state index contributed by atoms with van der Waals surface area (Å²) < 4.78 is 43.7. The molecule has 24 heavy (non-hydrogen) atoms. The first kappa shape index (κ1) is 18.7. The molecule has 0 saturated carbocycles. The van der Waals surface area contributed by atoms with Crippen LogP contribution in [0.5, 0.6) is 0 Å². The van der Waals surface area contributed by atoms with E-state index in [4.69, 9.17) is 4.74 Å². The van der Waals surface area contributed by atoms with E-state index >= 15 is 0 Å². The fourth-order valence-electron chi connectivity index (χ4n) is 2.62. The molecule has 0 aromatic heterocycles. The van der Waals surface area contributed by atoms with Crippen molar-refractivity contribution < 1.29 is 27.8 Å². The fraction of sp³-hybridized carbons (Fsp3) is 0.588. The van der Waals surface area contributed by atoms with Crippen molar-refractivity contribution in [2.75, 3.05) is 19.8 Å². The molecule has 1 fully saturated rings. The molecule has 1 aliphatic heterocycles. The van der Waals surface area contributed by atoms with Gasteiger partial charge in [-0.25, -0.2) is 0 Å². The van der Waals surface area contributed by atoms with Crippen LogP contribution in [0.3, 0.4) is 0 Å². The van der Waals surface area contributed by atoms with Crippen LogP contribution in [-0.2, 0) is 21.1 Å². The van der Waals surface area contributed by atoms with Crippen molar-refractivity contribution in [3.05, 3.63) is 35.4 Å². The van der Waals surface area contributed by atoms with Crippen molar-refractivity contribution in [3.8, 4) is 0 Å². The van der Waals surface area contributed by atoms with Crippen molar-refractivity contribution in [2.45, 2.75) is 43.9 Å². The second-order valence-electron chi connectivity index (χ2n) is 6.79. The Hall–Kier alpha value is -1.60. The minimum atomic E-state index is -4.41. The lowest BCUT2D eigenvalue weighted by molar-refractivity contribution is -0.149. The molecule has 0 unspecified atom stereocenters. The van der Waals surface area contributed by atoms with E-state index in [9.17, 15) is 23.1 Å². The summed E-state index contributed by atoms with van der Waals surface area (Å²) in [6, 6.07) is 5.07. The molecular formula is C17H22F3NO3. The van der Waals surface area contributed by atoms with Crippen LogP contribution in [-0.4, -0.2) is 36.4 Å². The highest BCUT2D eigenvalue weighted by Gasteiger charge is 2.38. The molecule has 0 radical (unpaired) electrons. The molecule has 1 aliphatic rings. The lowest BCUT2D eigenvalue weighted by Crippen LogP contribution is -2.52. The van der Waals surface area contributed by atoms with Crippen molar-refractivity contribution in [1.29, 1.82) is 0 Å². The van der Waals surface area contributed by atoms with E-state index in [1.54, 1.807) is 19.9 Å². The number of amides is 1. The van der Waals surface area contributed by atoms with Crippen LogP contribution in [0.15, 0.2) is 24.3 Å². The van der Waals surface area contributed by atoms with E-state index in [0.29, 0.717) is 18.8 Å². The molecule has 0 aliphatic carbocycles. The second-order valence-corrected chi connectivity index (χ2v) is 6.79. The highest BCUT2D eigenvalue weighted by Crippen LogP contribution is 2.32. The number of aliphatic hydroxyl groups is 1. The van der Waals surface area contributed by atoms with E-state index in [1.807, 2.05) is 0 Å². The number of carbonyl (C=O) groups excluding carboxylic acids is 1. The van der Waals surface area contributed by atoms with E-state index in [-0.39, 0.29) is 19.4 Å². The van der Waals surface area contributed by atoms with Crippen molar-refractivity contribution in [2.24, 2.45) is 0 Å². The number of carbonyl (C=O) groups is 1. The molecule has 7 heteroatoms. The topological polar surface area (TPSA) is 58.6 Å². The van der Waals surface area contributed by atoms with Crippen LogP contribution in [0, 0.1) is 0 Å². The third-order valence-corrected chi connectivity index (χ3v) is 4.40. The Labute approximate surface area is 139 Å². The molecule has 1 aromatic rings. The predicted octanol–water partition coefficient (Wildman–Crippen LogP) is 2.64. The van der Waals surface area contributed by atoms with Crippen molar-refractivity contribution >= 4 is 5.91 Å². The molecule has 0 bridgehead atoms. The summed E-state index contributed by atoms with van der Waals surface area (Å²) in [5.74, 6) is -0.508. The number of rotatable bonds is 4. The molecule has 1 heterocycles. The van der Waals surface area contributed by atoms with Gasteiger partial charge >= 0.3 is 6.18 Å². The molecule has 1 saturated heterocycles. The molecule has 2 rings (SSSR count). The summed E-state index contributed by atoms with van der Waals surface area (Å²) >= 11 is 0. The van der Waals surface area contributed by atoms with Gasteiger partial charge in [-0.2, -0.15) is 13.2 Å². The summed E-state index contributed by atoms with van der Waals surface area (Å²) in [5.41, 5.74) is -2.43. The summed E-state index contributed by atoms with van der Waals surface area (Å²) in [4.78, 5) is 12.2. The van der Waals surface area contributed by atoms with Gasteiger partial charge in [-0.15, -0.1) is 0 Å². The Morgan fingerprint density at radius 2 is 1.83 bits per heavy atom. The van der Waals surface area contributed by atoms with Gasteiger partial charge in [0.2, 0.25) is 0 Å². The van der Waals surface area contributed by atoms with Gasteiger partial charge in [-0.05, 0) is 11.6 Å². The number of ether oxygens (including phenoxy) is 1. The van der Waals surface area contributed by atoms with Gasteiger partial charge < -0.3 is 15.2 Å². The third kappa shape index (κ3) is 4.27. The predicted molar refractivity (Wildman–Crippen MR) is 82.5 cm³/mol. The summed E-state index contributed by atoms with van der Waals surface area (Å²) in [5, 5.41) is 13.0. The number of benzene rings is 1. The van der Waals surface area contributed by atoms with Gasteiger partial charge in [0.15, 0.2) is 0 Å². The molecule has 2 N–H and O–H groups in total. The highest BCUT2D eigenvalue weighted by molar-refractivity contribution is 5.85. The molecular weight excluding hydrogens is 323 g/mol. The standard InChI is InChI=1S/C17H22F3NO3/c1-15(2,12-4-3-5-13(10-12)17(18,19)20)11-21-14(22)16(23)6-8-24-9-7-16/h3-5,10,23H,6-9,11H2,1-2H3,(H,21,22). The minimum absolute atomic E-state index is 0.121. The van der Waals surface area contributed by atoms with Gasteiger partial charge in [-0.3, -0.25) is 4.79 Å². The maximum Gasteiger partial charge on any atom is 0.416 e. The molecule has 0 spiro atoms. The Kier molecular flexibility index (Phi) is 5.25. The number of alkyl halides is 3. The second kappa shape index (κ2) is 6.72. The SMILES string of the molecule is CC(C)(CNC(=O)C1(O)CCOCC1)c1cccc(C(F)(F)F)c1. The Morgan fingerprint density at radius 1 is 1.25 bits per heavy atom. The summed E-state index contributed by atoms with van der Waals surface area (Å²) in [7, 11) is 0. The quantitative estimate of drug-likeness (QED) is 0.882. The van der Waals surface area contributed by atoms with E-state index < -0.39 is 28.7 Å². The van der Waals surface area contributed by atoms with E-state index in [2.05, 4.69) is 5.32 Å². The smallest absolute Gasteiger partial charge is 0.381 e. The Morgan fingerprint density at radius 3 is 2.42 bits per heavy atom. The Bertz CT molecular complexity index is 593. The number of halogens is 3. The number of nitrogens with one attached hydrogen (secondary N) is 1. The van der Waals surface area contributed by atoms with Gasteiger partial charge in [-0.1, -0.05) is 32.0 Å². The van der Waals surface area contributed by atoms with Crippen molar-refractivity contribution in [1.82, 2.24) is 5.32 Å². The third-order valence-electron chi connectivity index (χ3n) is 4.40. The van der Waals surface area contributed by atoms with Gasteiger partial charge in [0.1, 0.15) is 5.60 Å². The maximum absolute atomic E-state index is 12.8. The average molecular weight is 345 g/mol. The zero-order valence-electron chi connectivity index (χ0n) is 13.7. The van der Waals surface area contributed by atoms with Crippen LogP contribution in [0.1, 0.15) is 37.8 Å². The molecule has 0 atom stereocenters. The van der Waals surface area contributed by atoms with Gasteiger partial charge in [0.05, 0.1) is 5.56 Å². The van der Waals surface area contributed by atoms with Crippen LogP contribution >= 0.6 is 0 Å². The first-order valence-electron chi connectivity index (χ1n) is 7.81. The molecule has 1 aromatic carbocycles. The van der Waals surface area contributed by atoms with Crippen molar-refractivity contribution in [3.63, 3.8) is 0 Å². The lowest BCUT2D eigenvalue weighted by atomic mass is 9.83. The number of hydrogen-bond donors (Lipinski definition) is 2. The zero-order chi connectivity index (χ0) is 18.0. The Balaban J connectivity index is 2.07. The van der Waals surface area contributed by atoms with Gasteiger partial charge in [0, 0.05) is 38.0 Å². The van der Waals surface area contributed by atoms with Crippen LogP contribution < -0.4 is 5.32 Å². The van der Waals surface area contributed by atoms with Crippen LogP contribution in [0.4, 0.5) is 13.2 Å². The normalized spacial score (nSPS) is 18.2. The maximum atomic E-state index is 12.8. The summed E-state index contributed by atoms with van der Waals surface area (Å²) in [6.07, 6.45) is -3.99. The zero-order valence-corrected chi connectivity index (χ0v) is 13.7. The number of hydrogen-bond acceptors (Lipinski definition) is 3. The van der Waals surface area contributed by atoms with E-state index in [1.165, 1.54) is 6.07 Å². The first-order chi connectivity index (χ1) is 11.0. The fourth-order valence-corrected chi connectivity index (χ4v) is 2.62. The summed E-state index contributed by atoms with van der Waals surface area (Å²) in [6.45, 7) is 4.23.